The topological polar surface area (TPSA) is 216 Å². The summed E-state index contributed by atoms with van der Waals surface area (Å²) in [5.74, 6) is -9.18. The summed E-state index contributed by atoms with van der Waals surface area (Å²) in [5, 5.41) is 39.8. The van der Waals surface area contributed by atoms with Crippen molar-refractivity contribution < 1.29 is 63.0 Å². The molecule has 1 amide bonds. The lowest BCUT2D eigenvalue weighted by Crippen LogP contribution is -2.46. The van der Waals surface area contributed by atoms with Crippen molar-refractivity contribution in [2.45, 2.75) is 85.6 Å². The van der Waals surface area contributed by atoms with Crippen molar-refractivity contribution in [3.05, 3.63) is 94.1 Å². The number of aliphatic hydroxyl groups excluding tert-OH is 2. The van der Waals surface area contributed by atoms with Gasteiger partial charge < -0.3 is 49.6 Å². The summed E-state index contributed by atoms with van der Waals surface area (Å²) < 4.78 is 28.8. The third kappa shape index (κ3) is 8.54. The van der Waals surface area contributed by atoms with Crippen LogP contribution in [0.1, 0.15) is 85.1 Å². The zero-order valence-electron chi connectivity index (χ0n) is 34.7. The van der Waals surface area contributed by atoms with Gasteiger partial charge in [0.1, 0.15) is 34.7 Å². The van der Waals surface area contributed by atoms with E-state index in [0.29, 0.717) is 11.4 Å². The van der Waals surface area contributed by atoms with Crippen LogP contribution in [0.3, 0.4) is 0 Å². The van der Waals surface area contributed by atoms with Gasteiger partial charge in [-0.25, -0.2) is 0 Å². The Labute approximate surface area is 342 Å². The van der Waals surface area contributed by atoms with E-state index >= 15 is 0 Å². The van der Waals surface area contributed by atoms with E-state index in [1.54, 1.807) is 64.1 Å². The number of methoxy groups -OCH3 is 2. The number of benzene rings is 2. The minimum absolute atomic E-state index is 0.0307. The molecule has 9 atom stereocenters. The molecule has 1 aliphatic carbocycles. The number of amides is 1. The first-order valence-electron chi connectivity index (χ1n) is 19.2. The molecule has 59 heavy (non-hydrogen) atoms. The van der Waals surface area contributed by atoms with Gasteiger partial charge in [-0.1, -0.05) is 52.0 Å². The number of phenols is 1. The number of fused-ring (bicyclic) bond motifs is 14. The molecule has 3 aliphatic heterocycles. The smallest absolute Gasteiger partial charge is 0.312 e. The molecule has 4 aliphatic rings. The number of aromatic hydroxyl groups is 1. The third-order valence-electron chi connectivity index (χ3n) is 11.3. The van der Waals surface area contributed by atoms with Crippen LogP contribution < -0.4 is 20.1 Å². The molecular formula is C44H52N2O13. The molecule has 15 heteroatoms. The van der Waals surface area contributed by atoms with Crippen LogP contribution in [-0.2, 0) is 23.8 Å². The second kappa shape index (κ2) is 17.6. The van der Waals surface area contributed by atoms with Gasteiger partial charge in [-0.15, -0.1) is 0 Å². The van der Waals surface area contributed by atoms with Gasteiger partial charge in [0, 0.05) is 67.5 Å². The Balaban J connectivity index is 1.69. The largest absolute Gasteiger partial charge is 0.507 e. The number of anilines is 1. The molecule has 316 valence electrons. The van der Waals surface area contributed by atoms with E-state index in [4.69, 9.17) is 23.7 Å². The number of carbonyl (C=O) groups is 5. The van der Waals surface area contributed by atoms with Gasteiger partial charge in [0.2, 0.25) is 11.6 Å². The molecule has 0 saturated carbocycles. The Hall–Kier alpha value is -5.77. The van der Waals surface area contributed by atoms with E-state index < -0.39 is 111 Å². The molecule has 3 heterocycles. The number of hydrogen-bond donors (Lipinski definition) is 5. The van der Waals surface area contributed by atoms with E-state index in [0.717, 1.165) is 6.26 Å². The first kappa shape index (κ1) is 44.3. The number of carbonyl (C=O) groups excluding carboxylic acids is 5. The molecule has 15 nitrogen and oxygen atoms in total. The summed E-state index contributed by atoms with van der Waals surface area (Å²) in [6.45, 7) is 12.3. The van der Waals surface area contributed by atoms with Crippen LogP contribution in [0.25, 0.3) is 0 Å². The number of ketones is 3. The van der Waals surface area contributed by atoms with Crippen LogP contribution in [0.15, 0.2) is 71.8 Å². The fourth-order valence-electron chi connectivity index (χ4n) is 7.66. The standard InChI is InChI=1S/C44H52N2O13/c1-20-13-11-14-21(2)43(54)46-34-33(45-27-15-12-16-28(19-27)55-9)38(51)30-31(39(34)52)37(50)25(6)41-32(30)42(53)44(8,59-41)57-18-17-29(56-10)22(3)40(58-26(7)47)24(5)36(49)23(4)35(20)48/h11-20,22-24,29,35-36,40,45,48-50H,1-10H3,(H,46,54). The first-order chi connectivity index (χ1) is 27.8. The van der Waals surface area contributed by atoms with Gasteiger partial charge in [-0.2, -0.15) is 0 Å². The monoisotopic (exact) mass is 816 g/mol. The fourth-order valence-corrected chi connectivity index (χ4v) is 7.66. The number of esters is 1. The number of hydrogen-bond acceptors (Lipinski definition) is 14. The lowest BCUT2D eigenvalue weighted by Gasteiger charge is -2.38. The van der Waals surface area contributed by atoms with Crippen molar-refractivity contribution in [1.29, 1.82) is 0 Å². The lowest BCUT2D eigenvalue weighted by molar-refractivity contribution is -0.160. The maximum absolute atomic E-state index is 14.7. The van der Waals surface area contributed by atoms with Crippen LogP contribution >= 0.6 is 0 Å². The minimum Gasteiger partial charge on any atom is -0.507 e. The molecule has 0 fully saturated rings. The first-order valence-corrected chi connectivity index (χ1v) is 19.2. The molecule has 0 saturated heterocycles. The molecule has 5 bridgehead atoms. The predicted octanol–water partition coefficient (Wildman–Crippen LogP) is 5.08. The summed E-state index contributed by atoms with van der Waals surface area (Å²) in [4.78, 5) is 69.6. The van der Waals surface area contributed by atoms with Crippen molar-refractivity contribution in [2.75, 3.05) is 19.5 Å². The van der Waals surface area contributed by atoms with Crippen molar-refractivity contribution in [2.24, 2.45) is 23.7 Å². The van der Waals surface area contributed by atoms with E-state index in [2.05, 4.69) is 10.6 Å². The third-order valence-corrected chi connectivity index (χ3v) is 11.3. The predicted molar refractivity (Wildman–Crippen MR) is 215 cm³/mol. The minimum atomic E-state index is -2.11. The molecule has 0 spiro atoms. The molecule has 2 aromatic rings. The van der Waals surface area contributed by atoms with E-state index in [1.807, 2.05) is 0 Å². The number of allylic oxidation sites excluding steroid dienone is 4. The van der Waals surface area contributed by atoms with Crippen LogP contribution in [0.4, 0.5) is 5.69 Å². The van der Waals surface area contributed by atoms with Gasteiger partial charge in [0.15, 0.2) is 0 Å². The van der Waals surface area contributed by atoms with E-state index in [1.165, 1.54) is 54.1 Å². The van der Waals surface area contributed by atoms with Crippen LogP contribution in [-0.4, -0.2) is 89.0 Å². The average Bonchev–Trinajstić information content (AvgIpc) is 3.47. The highest BCUT2D eigenvalue weighted by molar-refractivity contribution is 6.33. The molecule has 0 radical (unpaired) electrons. The number of ether oxygens (including phenoxy) is 5. The maximum Gasteiger partial charge on any atom is 0.312 e. The van der Waals surface area contributed by atoms with Gasteiger partial charge in [-0.05, 0) is 32.1 Å². The molecule has 5 N–H and O–H groups in total. The zero-order valence-corrected chi connectivity index (χ0v) is 34.7. The number of nitrogens with one attached hydrogen (secondary N) is 2. The van der Waals surface area contributed by atoms with Crippen molar-refractivity contribution in [3.8, 4) is 17.2 Å². The van der Waals surface area contributed by atoms with Crippen molar-refractivity contribution in [1.82, 2.24) is 5.32 Å². The van der Waals surface area contributed by atoms with Crippen LogP contribution in [0.2, 0.25) is 0 Å². The lowest BCUT2D eigenvalue weighted by atomic mass is 9.78. The van der Waals surface area contributed by atoms with Crippen molar-refractivity contribution >= 4 is 34.9 Å². The van der Waals surface area contributed by atoms with Gasteiger partial charge in [0.05, 0.1) is 48.4 Å². The number of rotatable bonds is 5. The quantitative estimate of drug-likeness (QED) is 0.249. The van der Waals surface area contributed by atoms with Crippen LogP contribution in [0, 0.1) is 30.6 Å². The highest BCUT2D eigenvalue weighted by atomic mass is 16.7. The van der Waals surface area contributed by atoms with Crippen LogP contribution in [0.5, 0.6) is 17.2 Å². The van der Waals surface area contributed by atoms with Crippen molar-refractivity contribution in [3.63, 3.8) is 0 Å². The summed E-state index contributed by atoms with van der Waals surface area (Å²) in [5.41, 5.74) is -1.79. The summed E-state index contributed by atoms with van der Waals surface area (Å²) in [7, 11) is 2.87. The molecule has 6 rings (SSSR count). The summed E-state index contributed by atoms with van der Waals surface area (Å²) >= 11 is 0. The van der Waals surface area contributed by atoms with Gasteiger partial charge in [-0.3, -0.25) is 24.0 Å². The normalized spacial score (nSPS) is 29.1. The van der Waals surface area contributed by atoms with E-state index in [9.17, 15) is 39.3 Å². The average molecular weight is 817 g/mol. The number of aliphatic hydroxyl groups is 2. The van der Waals surface area contributed by atoms with E-state index in [-0.39, 0.29) is 22.4 Å². The summed E-state index contributed by atoms with van der Waals surface area (Å²) in [6, 6.07) is 6.44. The summed E-state index contributed by atoms with van der Waals surface area (Å²) in [6.07, 6.45) is 3.27. The zero-order chi connectivity index (χ0) is 43.7. The number of Topliss-reactive ketones (excluding diaryl/α,β-unsaturated/α-hetero) is 3. The SMILES string of the molecule is COc1cccc(NC2=C3NC(=O)C(C)=CC=CC(C)C(O)C(C)C(O)C(C)C(OC(C)=O)C(C)C(OC)C=COC4(C)Oc5c(C)c(O)c(c(c5C4=O)C2=O)C3=O)c1. The number of phenolic OH excluding ortho intramolecular Hbond substituents is 1. The Bertz CT molecular complexity index is 2170. The maximum atomic E-state index is 14.7. The molecule has 2 aromatic carbocycles. The highest BCUT2D eigenvalue weighted by Gasteiger charge is 2.53. The van der Waals surface area contributed by atoms with Gasteiger partial charge >= 0.3 is 11.8 Å². The molecule has 0 aromatic heterocycles. The molecular weight excluding hydrogens is 764 g/mol. The Morgan fingerprint density at radius 2 is 1.61 bits per heavy atom. The molecule has 9 unspecified atom stereocenters. The second-order valence-corrected chi connectivity index (χ2v) is 15.4. The Morgan fingerprint density at radius 1 is 0.915 bits per heavy atom. The highest BCUT2D eigenvalue weighted by Crippen LogP contribution is 2.48. The second-order valence-electron chi connectivity index (χ2n) is 15.4. The Kier molecular flexibility index (Phi) is 13.2. The van der Waals surface area contributed by atoms with Gasteiger partial charge in [0.25, 0.3) is 11.7 Å². The fraction of sp³-hybridized carbons (Fsp3) is 0.432. The Morgan fingerprint density at radius 3 is 2.25 bits per heavy atom.